The van der Waals surface area contributed by atoms with Gasteiger partial charge in [-0.2, -0.15) is 0 Å². The Morgan fingerprint density at radius 2 is 2.16 bits per heavy atom. The monoisotopic (exact) mass is 346 g/mol. The van der Waals surface area contributed by atoms with Crippen molar-refractivity contribution in [2.75, 3.05) is 18.6 Å². The van der Waals surface area contributed by atoms with Crippen molar-refractivity contribution in [3.63, 3.8) is 0 Å². The van der Waals surface area contributed by atoms with Crippen molar-refractivity contribution in [3.05, 3.63) is 28.2 Å². The molecule has 2 atom stereocenters. The van der Waals surface area contributed by atoms with Gasteiger partial charge in [-0.05, 0) is 40.0 Å². The SMILES string of the molecule is CCC(C)CS(=O)CC(=O)c1ccc(OC)c(Br)c1. The van der Waals surface area contributed by atoms with Crippen LogP contribution in [0.1, 0.15) is 30.6 Å². The van der Waals surface area contributed by atoms with Gasteiger partial charge in [-0.1, -0.05) is 20.3 Å². The number of hydrogen-bond donors (Lipinski definition) is 0. The zero-order valence-electron chi connectivity index (χ0n) is 11.4. The van der Waals surface area contributed by atoms with Gasteiger partial charge >= 0.3 is 0 Å². The molecule has 2 unspecified atom stereocenters. The second-order valence-electron chi connectivity index (χ2n) is 4.54. The minimum atomic E-state index is -1.09. The lowest BCUT2D eigenvalue weighted by Crippen LogP contribution is -2.16. The molecule has 0 spiro atoms. The second-order valence-corrected chi connectivity index (χ2v) is 6.89. The molecule has 1 aromatic carbocycles. The maximum atomic E-state index is 12.0. The van der Waals surface area contributed by atoms with Crippen LogP contribution in [0.4, 0.5) is 0 Å². The Bertz CT molecular complexity index is 474. The average molecular weight is 347 g/mol. The van der Waals surface area contributed by atoms with Gasteiger partial charge in [0.05, 0.1) is 17.3 Å². The van der Waals surface area contributed by atoms with E-state index in [-0.39, 0.29) is 11.5 Å². The minimum absolute atomic E-state index is 0.0864. The lowest BCUT2D eigenvalue weighted by Gasteiger charge is -2.08. The Morgan fingerprint density at radius 3 is 2.68 bits per heavy atom. The first kappa shape index (κ1) is 16.4. The summed E-state index contributed by atoms with van der Waals surface area (Å²) in [5.74, 6) is 1.64. The number of carbonyl (C=O) groups is 1. The number of benzene rings is 1. The summed E-state index contributed by atoms with van der Waals surface area (Å²) in [7, 11) is 0.482. The van der Waals surface area contributed by atoms with Crippen LogP contribution in [0.2, 0.25) is 0 Å². The average Bonchev–Trinajstić information content (AvgIpc) is 2.38. The predicted octanol–water partition coefficient (Wildman–Crippen LogP) is 3.44. The zero-order valence-corrected chi connectivity index (χ0v) is 13.8. The Hall–Kier alpha value is -0.680. The third-order valence-electron chi connectivity index (χ3n) is 2.93. The first-order valence-corrected chi connectivity index (χ1v) is 8.47. The van der Waals surface area contributed by atoms with E-state index in [1.54, 1.807) is 25.3 Å². The number of rotatable bonds is 7. The minimum Gasteiger partial charge on any atom is -0.496 e. The molecule has 0 bridgehead atoms. The van der Waals surface area contributed by atoms with Crippen LogP contribution in [0.3, 0.4) is 0 Å². The number of halogens is 1. The summed E-state index contributed by atoms with van der Waals surface area (Å²) in [6.07, 6.45) is 0.980. The Morgan fingerprint density at radius 1 is 1.47 bits per heavy atom. The van der Waals surface area contributed by atoms with E-state index >= 15 is 0 Å². The number of hydrogen-bond acceptors (Lipinski definition) is 3. The van der Waals surface area contributed by atoms with Crippen LogP contribution < -0.4 is 4.74 Å². The van der Waals surface area contributed by atoms with Gasteiger partial charge in [-0.25, -0.2) is 0 Å². The molecule has 0 aliphatic carbocycles. The standard InChI is InChI=1S/C14H19BrO3S/c1-4-10(2)8-19(17)9-13(16)11-5-6-14(18-3)12(15)7-11/h5-7,10H,4,8-9H2,1-3H3. The van der Waals surface area contributed by atoms with Gasteiger partial charge in [0.15, 0.2) is 5.78 Å². The Labute approximate surface area is 125 Å². The summed E-state index contributed by atoms with van der Waals surface area (Å²) in [5.41, 5.74) is 0.560. The molecule has 0 N–H and O–H groups in total. The van der Waals surface area contributed by atoms with Gasteiger partial charge in [0.1, 0.15) is 5.75 Å². The van der Waals surface area contributed by atoms with Crippen LogP contribution in [-0.4, -0.2) is 28.6 Å². The molecule has 106 valence electrons. The molecular weight excluding hydrogens is 328 g/mol. The second kappa shape index (κ2) is 7.80. The van der Waals surface area contributed by atoms with E-state index in [1.165, 1.54) is 0 Å². The molecule has 1 aromatic rings. The number of methoxy groups -OCH3 is 1. The van der Waals surface area contributed by atoms with Gasteiger partial charge in [-0.3, -0.25) is 9.00 Å². The lowest BCUT2D eigenvalue weighted by atomic mass is 10.1. The first-order valence-electron chi connectivity index (χ1n) is 6.19. The van der Waals surface area contributed by atoms with E-state index in [0.29, 0.717) is 23.0 Å². The van der Waals surface area contributed by atoms with E-state index < -0.39 is 10.8 Å². The smallest absolute Gasteiger partial charge is 0.175 e. The molecule has 0 aromatic heterocycles. The van der Waals surface area contributed by atoms with Gasteiger partial charge in [0.25, 0.3) is 0 Å². The number of Topliss-reactive ketones (excluding diaryl/α,β-unsaturated/α-hetero) is 1. The van der Waals surface area contributed by atoms with E-state index in [9.17, 15) is 9.00 Å². The highest BCUT2D eigenvalue weighted by molar-refractivity contribution is 9.10. The van der Waals surface area contributed by atoms with Crippen molar-refractivity contribution in [2.45, 2.75) is 20.3 Å². The van der Waals surface area contributed by atoms with Crippen LogP contribution in [0.5, 0.6) is 5.75 Å². The normalized spacial score (nSPS) is 13.9. The molecule has 0 saturated heterocycles. The van der Waals surface area contributed by atoms with Crippen molar-refractivity contribution in [3.8, 4) is 5.75 Å². The number of ether oxygens (including phenoxy) is 1. The molecule has 5 heteroatoms. The summed E-state index contributed by atoms with van der Waals surface area (Å²) >= 11 is 3.34. The summed E-state index contributed by atoms with van der Waals surface area (Å²) in [6, 6.07) is 5.14. The van der Waals surface area contributed by atoms with Crippen LogP contribution in [0, 0.1) is 5.92 Å². The van der Waals surface area contributed by atoms with Crippen molar-refractivity contribution < 1.29 is 13.7 Å². The fourth-order valence-electron chi connectivity index (χ4n) is 1.56. The van der Waals surface area contributed by atoms with Crippen LogP contribution in [-0.2, 0) is 10.8 Å². The molecule has 0 heterocycles. The lowest BCUT2D eigenvalue weighted by molar-refractivity contribution is 0.102. The Balaban J connectivity index is 2.68. The van der Waals surface area contributed by atoms with Gasteiger partial charge < -0.3 is 4.74 Å². The Kier molecular flexibility index (Phi) is 6.72. The molecule has 0 saturated carbocycles. The van der Waals surface area contributed by atoms with E-state index in [2.05, 4.69) is 22.9 Å². The zero-order chi connectivity index (χ0) is 14.4. The van der Waals surface area contributed by atoms with Gasteiger partial charge in [0, 0.05) is 22.1 Å². The molecule has 0 amide bonds. The third kappa shape index (κ3) is 5.07. The molecule has 0 radical (unpaired) electrons. The van der Waals surface area contributed by atoms with Crippen molar-refractivity contribution in [1.29, 1.82) is 0 Å². The molecule has 0 aliphatic heterocycles. The molecule has 19 heavy (non-hydrogen) atoms. The van der Waals surface area contributed by atoms with E-state index in [0.717, 1.165) is 10.9 Å². The highest BCUT2D eigenvalue weighted by Crippen LogP contribution is 2.25. The van der Waals surface area contributed by atoms with E-state index in [1.807, 2.05) is 6.92 Å². The molecule has 1 rings (SSSR count). The van der Waals surface area contributed by atoms with Gasteiger partial charge in [0.2, 0.25) is 0 Å². The topological polar surface area (TPSA) is 43.4 Å². The first-order chi connectivity index (χ1) is 8.97. The number of ketones is 1. The third-order valence-corrected chi connectivity index (χ3v) is 5.08. The molecule has 0 fully saturated rings. The molecule has 0 aliphatic rings. The molecule has 3 nitrogen and oxygen atoms in total. The maximum Gasteiger partial charge on any atom is 0.175 e. The predicted molar refractivity (Wildman–Crippen MR) is 82.4 cm³/mol. The van der Waals surface area contributed by atoms with Crippen LogP contribution in [0.15, 0.2) is 22.7 Å². The largest absolute Gasteiger partial charge is 0.496 e. The summed E-state index contributed by atoms with van der Waals surface area (Å²) in [5, 5.41) is 0. The van der Waals surface area contributed by atoms with Crippen LogP contribution >= 0.6 is 15.9 Å². The number of carbonyl (C=O) groups excluding carboxylic acids is 1. The quantitative estimate of drug-likeness (QED) is 0.710. The summed E-state index contributed by atoms with van der Waals surface area (Å²) in [4.78, 5) is 12.0. The van der Waals surface area contributed by atoms with E-state index in [4.69, 9.17) is 4.74 Å². The van der Waals surface area contributed by atoms with Crippen LogP contribution in [0.25, 0.3) is 0 Å². The summed E-state index contributed by atoms with van der Waals surface area (Å²) in [6.45, 7) is 4.11. The highest BCUT2D eigenvalue weighted by atomic mass is 79.9. The fourth-order valence-corrected chi connectivity index (χ4v) is 3.55. The highest BCUT2D eigenvalue weighted by Gasteiger charge is 2.14. The van der Waals surface area contributed by atoms with Crippen molar-refractivity contribution in [2.24, 2.45) is 5.92 Å². The van der Waals surface area contributed by atoms with Crippen molar-refractivity contribution >= 4 is 32.5 Å². The van der Waals surface area contributed by atoms with Gasteiger partial charge in [-0.15, -0.1) is 0 Å². The van der Waals surface area contributed by atoms with Crippen molar-refractivity contribution in [1.82, 2.24) is 0 Å². The fraction of sp³-hybridized carbons (Fsp3) is 0.500. The maximum absolute atomic E-state index is 12.0. The molecular formula is C14H19BrO3S. The summed E-state index contributed by atoms with van der Waals surface area (Å²) < 4.78 is 17.7.